The van der Waals surface area contributed by atoms with Gasteiger partial charge in [0.05, 0.1) is 16.7 Å². The number of thioether (sulfide) groups is 1. The fraction of sp³-hybridized carbons (Fsp3) is 0.167. The highest BCUT2D eigenvalue weighted by Gasteiger charge is 2.33. The highest BCUT2D eigenvalue weighted by atomic mass is 32.2. The molecule has 1 aliphatic heterocycles. The van der Waals surface area contributed by atoms with E-state index in [1.165, 1.54) is 11.8 Å². The van der Waals surface area contributed by atoms with Crippen LogP contribution in [0.3, 0.4) is 0 Å². The topological polar surface area (TPSA) is 29.5 Å². The lowest BCUT2D eigenvalue weighted by molar-refractivity contribution is -0.113. The smallest absolute Gasteiger partial charge is 0.270 e. The molecule has 0 radical (unpaired) electrons. The van der Waals surface area contributed by atoms with Crippen molar-refractivity contribution in [2.45, 2.75) is 26.9 Å². The molecule has 1 amide bonds. The van der Waals surface area contributed by atoms with E-state index in [4.69, 9.17) is 17.0 Å². The second-order valence-electron chi connectivity index (χ2n) is 7.22. The van der Waals surface area contributed by atoms with Crippen molar-refractivity contribution in [3.05, 3.63) is 76.7 Å². The molecule has 3 aromatic carbocycles. The highest BCUT2D eigenvalue weighted by molar-refractivity contribution is 8.27. The van der Waals surface area contributed by atoms with Crippen molar-refractivity contribution in [1.82, 2.24) is 0 Å². The minimum absolute atomic E-state index is 0.0325. The van der Waals surface area contributed by atoms with Gasteiger partial charge in [0.25, 0.3) is 5.91 Å². The van der Waals surface area contributed by atoms with Crippen molar-refractivity contribution in [2.24, 2.45) is 0 Å². The Labute approximate surface area is 180 Å². The third kappa shape index (κ3) is 3.93. The Morgan fingerprint density at radius 1 is 1.07 bits per heavy atom. The third-order valence-corrected chi connectivity index (χ3v) is 5.92. The van der Waals surface area contributed by atoms with Crippen LogP contribution in [0.5, 0.6) is 5.75 Å². The first-order valence-electron chi connectivity index (χ1n) is 9.47. The van der Waals surface area contributed by atoms with Gasteiger partial charge in [-0.2, -0.15) is 0 Å². The first-order valence-corrected chi connectivity index (χ1v) is 10.7. The Hall–Kier alpha value is -2.63. The normalized spacial score (nSPS) is 15.7. The van der Waals surface area contributed by atoms with E-state index in [0.717, 1.165) is 33.3 Å². The van der Waals surface area contributed by atoms with E-state index in [-0.39, 0.29) is 12.0 Å². The van der Waals surface area contributed by atoms with Crippen LogP contribution in [0.1, 0.15) is 25.0 Å². The molecule has 1 saturated heterocycles. The van der Waals surface area contributed by atoms with Gasteiger partial charge in [-0.25, -0.2) is 0 Å². The second-order valence-corrected chi connectivity index (χ2v) is 8.90. The summed E-state index contributed by atoms with van der Waals surface area (Å²) in [7, 11) is 0. The Balaban J connectivity index is 1.81. The van der Waals surface area contributed by atoms with E-state index >= 15 is 0 Å². The number of fused-ring (bicyclic) bond motifs is 1. The first kappa shape index (κ1) is 19.7. The molecular formula is C24H21NO2S2. The number of anilines is 1. The molecule has 0 aromatic heterocycles. The lowest BCUT2D eigenvalue weighted by atomic mass is 10.0. The average molecular weight is 420 g/mol. The van der Waals surface area contributed by atoms with E-state index in [2.05, 4.69) is 12.1 Å². The van der Waals surface area contributed by atoms with Gasteiger partial charge in [-0.3, -0.25) is 9.69 Å². The predicted octanol–water partition coefficient (Wildman–Crippen LogP) is 6.34. The zero-order chi connectivity index (χ0) is 20.5. The molecule has 29 heavy (non-hydrogen) atoms. The fourth-order valence-corrected chi connectivity index (χ4v) is 4.65. The molecule has 0 spiro atoms. The summed E-state index contributed by atoms with van der Waals surface area (Å²) in [6.07, 6.45) is 1.94. The molecule has 3 nitrogen and oxygen atoms in total. The van der Waals surface area contributed by atoms with Gasteiger partial charge in [0.15, 0.2) is 4.32 Å². The maximum absolute atomic E-state index is 13.2. The summed E-state index contributed by atoms with van der Waals surface area (Å²) < 4.78 is 6.58. The lowest BCUT2D eigenvalue weighted by Crippen LogP contribution is -2.27. The van der Waals surface area contributed by atoms with Crippen LogP contribution >= 0.6 is 24.0 Å². The molecule has 0 atom stereocenters. The largest absolute Gasteiger partial charge is 0.490 e. The number of hydrogen-bond acceptors (Lipinski definition) is 4. The first-order chi connectivity index (χ1) is 13.9. The van der Waals surface area contributed by atoms with E-state index < -0.39 is 0 Å². The van der Waals surface area contributed by atoms with Crippen molar-refractivity contribution in [1.29, 1.82) is 0 Å². The maximum Gasteiger partial charge on any atom is 0.270 e. The van der Waals surface area contributed by atoms with Gasteiger partial charge in [0, 0.05) is 5.56 Å². The number of amides is 1. The van der Waals surface area contributed by atoms with Crippen molar-refractivity contribution < 1.29 is 9.53 Å². The minimum atomic E-state index is -0.103. The molecule has 146 valence electrons. The van der Waals surface area contributed by atoms with Crippen LogP contribution in [-0.2, 0) is 4.79 Å². The van der Waals surface area contributed by atoms with Gasteiger partial charge < -0.3 is 4.74 Å². The molecule has 1 heterocycles. The summed E-state index contributed by atoms with van der Waals surface area (Å²) >= 11 is 6.86. The summed E-state index contributed by atoms with van der Waals surface area (Å²) in [6.45, 7) is 6.00. The Morgan fingerprint density at radius 2 is 1.86 bits per heavy atom. The molecule has 3 aromatic rings. The van der Waals surface area contributed by atoms with Crippen LogP contribution in [0.4, 0.5) is 5.69 Å². The van der Waals surface area contributed by atoms with Crippen LogP contribution in [0.2, 0.25) is 0 Å². The molecule has 1 fully saturated rings. The number of nitrogens with zero attached hydrogens (tertiary/aromatic N) is 1. The summed E-state index contributed by atoms with van der Waals surface area (Å²) in [5, 5.41) is 2.15. The number of hydrogen-bond donors (Lipinski definition) is 0. The van der Waals surface area contributed by atoms with E-state index in [1.807, 2.05) is 75.4 Å². The van der Waals surface area contributed by atoms with Gasteiger partial charge >= 0.3 is 0 Å². The van der Waals surface area contributed by atoms with Crippen molar-refractivity contribution in [3.8, 4) is 5.75 Å². The zero-order valence-corrected chi connectivity index (χ0v) is 18.1. The maximum atomic E-state index is 13.2. The molecule has 0 aliphatic carbocycles. The van der Waals surface area contributed by atoms with Gasteiger partial charge in [0.2, 0.25) is 0 Å². The Bertz CT molecular complexity index is 1150. The average Bonchev–Trinajstić information content (AvgIpc) is 2.96. The van der Waals surface area contributed by atoms with Gasteiger partial charge in [0.1, 0.15) is 5.75 Å². The quantitative estimate of drug-likeness (QED) is 0.364. The van der Waals surface area contributed by atoms with E-state index in [9.17, 15) is 4.79 Å². The highest BCUT2D eigenvalue weighted by Crippen LogP contribution is 2.39. The van der Waals surface area contributed by atoms with Crippen molar-refractivity contribution in [2.75, 3.05) is 4.90 Å². The number of carbonyl (C=O) groups excluding carboxylic acids is 1. The van der Waals surface area contributed by atoms with Gasteiger partial charge in [-0.1, -0.05) is 66.4 Å². The van der Waals surface area contributed by atoms with Gasteiger partial charge in [-0.15, -0.1) is 0 Å². The molecular weight excluding hydrogens is 398 g/mol. The van der Waals surface area contributed by atoms with Crippen LogP contribution in [-0.4, -0.2) is 16.3 Å². The summed E-state index contributed by atoms with van der Waals surface area (Å²) in [5.74, 6) is 0.661. The molecule has 1 aliphatic rings. The second kappa shape index (κ2) is 8.01. The van der Waals surface area contributed by atoms with Gasteiger partial charge in [-0.05, 0) is 61.4 Å². The van der Waals surface area contributed by atoms with Crippen molar-refractivity contribution in [3.63, 3.8) is 0 Å². The monoisotopic (exact) mass is 419 g/mol. The number of thiocarbonyl (C=S) groups is 1. The zero-order valence-electron chi connectivity index (χ0n) is 16.5. The Kier molecular flexibility index (Phi) is 5.43. The number of rotatable bonds is 4. The summed E-state index contributed by atoms with van der Waals surface area (Å²) in [4.78, 5) is 15.4. The molecule has 5 heteroatoms. The molecule has 0 N–H and O–H groups in total. The predicted molar refractivity (Wildman–Crippen MR) is 127 cm³/mol. The van der Waals surface area contributed by atoms with Crippen LogP contribution in [0.15, 0.2) is 65.6 Å². The van der Waals surface area contributed by atoms with Crippen molar-refractivity contribution >= 4 is 56.7 Å². The summed E-state index contributed by atoms with van der Waals surface area (Å²) in [5.41, 5.74) is 2.79. The molecule has 4 rings (SSSR count). The Morgan fingerprint density at radius 3 is 2.62 bits per heavy atom. The number of carbonyl (C=O) groups is 1. The van der Waals surface area contributed by atoms with Crippen LogP contribution in [0.25, 0.3) is 16.8 Å². The molecule has 0 saturated carbocycles. The fourth-order valence-electron chi connectivity index (χ4n) is 3.37. The van der Waals surface area contributed by atoms with E-state index in [0.29, 0.717) is 9.23 Å². The van der Waals surface area contributed by atoms with Crippen LogP contribution < -0.4 is 9.64 Å². The number of benzene rings is 3. The minimum Gasteiger partial charge on any atom is -0.490 e. The van der Waals surface area contributed by atoms with Crippen LogP contribution in [0, 0.1) is 6.92 Å². The third-order valence-electron chi connectivity index (χ3n) is 4.62. The SMILES string of the molecule is Cc1cccc(N2C(=O)/C(=C/c3c(OC(C)C)ccc4ccccc34)SC2=S)c1. The number of ether oxygens (including phenoxy) is 1. The number of aryl methyl sites for hydroxylation is 1. The lowest BCUT2D eigenvalue weighted by Gasteiger charge is -2.16. The standard InChI is InChI=1S/C24H21NO2S2/c1-15(2)27-21-12-11-17-8-4-5-10-19(17)20(21)14-22-23(26)25(24(28)29-22)18-9-6-7-16(3)13-18/h4-15H,1-3H3/b22-14-. The molecule has 0 unspecified atom stereocenters. The van der Waals surface area contributed by atoms with E-state index in [1.54, 1.807) is 4.90 Å². The molecule has 0 bridgehead atoms. The summed E-state index contributed by atoms with van der Waals surface area (Å²) in [6, 6.07) is 19.9.